The van der Waals surface area contributed by atoms with Gasteiger partial charge in [-0.2, -0.15) is 0 Å². The van der Waals surface area contributed by atoms with Crippen LogP contribution in [-0.2, 0) is 20.8 Å². The summed E-state index contributed by atoms with van der Waals surface area (Å²) in [5.74, 6) is -6.20. The molecular formula is C35H33N3O10. The number of rotatable bonds is 6. The SMILES string of the molecule is COc1ccc(OC(=O)Nc2ccc(-c3ccc(O)c4c3C[C@@H]3C[C@@H]5[C@@H](N(C)C)C(=O)C(C(N)=O)=C(O)[C@]5(O)C(=O)C3=C4O)cc2)cc1. The van der Waals surface area contributed by atoms with Crippen LogP contribution in [0.1, 0.15) is 17.5 Å². The molecule has 248 valence electrons. The number of ketones is 2. The van der Waals surface area contributed by atoms with Crippen molar-refractivity contribution < 1.29 is 49.1 Å². The molecule has 3 aliphatic carbocycles. The van der Waals surface area contributed by atoms with E-state index in [4.69, 9.17) is 15.2 Å². The van der Waals surface area contributed by atoms with Crippen molar-refractivity contribution in [3.63, 3.8) is 0 Å². The van der Waals surface area contributed by atoms with Crippen LogP contribution >= 0.6 is 0 Å². The summed E-state index contributed by atoms with van der Waals surface area (Å²) in [5, 5.41) is 47.8. The maximum Gasteiger partial charge on any atom is 0.417 e. The van der Waals surface area contributed by atoms with E-state index in [0.717, 1.165) is 0 Å². The number of amides is 2. The van der Waals surface area contributed by atoms with Crippen LogP contribution in [0.25, 0.3) is 16.9 Å². The number of phenolic OH excluding ortho intramolecular Hbond substituents is 1. The van der Waals surface area contributed by atoms with Crippen molar-refractivity contribution in [1.29, 1.82) is 0 Å². The lowest BCUT2D eigenvalue weighted by molar-refractivity contribution is -0.153. The van der Waals surface area contributed by atoms with Crippen LogP contribution in [0, 0.1) is 11.8 Å². The predicted octanol–water partition coefficient (Wildman–Crippen LogP) is 3.25. The molecule has 1 saturated carbocycles. The summed E-state index contributed by atoms with van der Waals surface area (Å²) in [5.41, 5.74) is 3.79. The minimum atomic E-state index is -2.71. The largest absolute Gasteiger partial charge is 0.508 e. The molecule has 0 aliphatic heterocycles. The molecule has 13 heteroatoms. The molecule has 0 unspecified atom stereocenters. The summed E-state index contributed by atoms with van der Waals surface area (Å²) >= 11 is 0. The molecule has 3 aromatic rings. The molecule has 4 atom stereocenters. The van der Waals surface area contributed by atoms with Gasteiger partial charge in [0.15, 0.2) is 11.4 Å². The fraction of sp³-hybridized carbons (Fsp3) is 0.257. The zero-order valence-corrected chi connectivity index (χ0v) is 26.2. The van der Waals surface area contributed by atoms with E-state index in [9.17, 15) is 39.6 Å². The number of aliphatic hydroxyl groups is 3. The second-order valence-corrected chi connectivity index (χ2v) is 12.2. The van der Waals surface area contributed by atoms with Gasteiger partial charge in [-0.3, -0.25) is 24.6 Å². The van der Waals surface area contributed by atoms with Crippen molar-refractivity contribution in [1.82, 2.24) is 4.90 Å². The second-order valence-electron chi connectivity index (χ2n) is 12.2. The molecule has 48 heavy (non-hydrogen) atoms. The monoisotopic (exact) mass is 655 g/mol. The Hall–Kier alpha value is -5.66. The molecule has 6 rings (SSSR count). The van der Waals surface area contributed by atoms with Gasteiger partial charge in [-0.15, -0.1) is 0 Å². The number of primary amides is 1. The van der Waals surface area contributed by atoms with Gasteiger partial charge in [0.1, 0.15) is 34.3 Å². The first-order valence-corrected chi connectivity index (χ1v) is 15.0. The molecule has 3 aliphatic rings. The third-order valence-corrected chi connectivity index (χ3v) is 9.32. The van der Waals surface area contributed by atoms with E-state index in [1.165, 1.54) is 18.1 Å². The molecule has 0 heterocycles. The number of carbonyl (C=O) groups excluding carboxylic acids is 4. The molecule has 2 amide bonds. The van der Waals surface area contributed by atoms with Gasteiger partial charge < -0.3 is 35.6 Å². The summed E-state index contributed by atoms with van der Waals surface area (Å²) in [6.07, 6.45) is -0.604. The van der Waals surface area contributed by atoms with Crippen LogP contribution < -0.4 is 20.5 Å². The van der Waals surface area contributed by atoms with Crippen molar-refractivity contribution in [2.24, 2.45) is 17.6 Å². The van der Waals surface area contributed by atoms with Crippen molar-refractivity contribution in [2.45, 2.75) is 24.5 Å². The normalized spacial score (nSPS) is 23.3. The highest BCUT2D eigenvalue weighted by Crippen LogP contribution is 2.53. The Bertz CT molecular complexity index is 1930. The number of ether oxygens (including phenoxy) is 2. The minimum Gasteiger partial charge on any atom is -0.508 e. The maximum absolute atomic E-state index is 14.0. The smallest absolute Gasteiger partial charge is 0.417 e. The molecule has 0 spiro atoms. The summed E-state index contributed by atoms with van der Waals surface area (Å²) in [4.78, 5) is 53.5. The lowest BCUT2D eigenvalue weighted by Gasteiger charge is -2.50. The first-order chi connectivity index (χ1) is 22.8. The Labute approximate surface area is 274 Å². The number of carbonyl (C=O) groups is 4. The molecule has 13 nitrogen and oxygen atoms in total. The van der Waals surface area contributed by atoms with Crippen LogP contribution in [0.4, 0.5) is 10.5 Å². The fourth-order valence-electron chi connectivity index (χ4n) is 7.14. The van der Waals surface area contributed by atoms with E-state index < -0.39 is 64.1 Å². The number of Topliss-reactive ketones (excluding diaryl/α,β-unsaturated/α-hetero) is 2. The number of aliphatic hydroxyl groups excluding tert-OH is 2. The quantitative estimate of drug-likeness (QED) is 0.212. The number of fused-ring (bicyclic) bond motifs is 3. The van der Waals surface area contributed by atoms with E-state index in [2.05, 4.69) is 5.32 Å². The van der Waals surface area contributed by atoms with Gasteiger partial charge in [0.25, 0.3) is 5.91 Å². The van der Waals surface area contributed by atoms with Crippen LogP contribution in [0.2, 0.25) is 0 Å². The summed E-state index contributed by atoms with van der Waals surface area (Å²) < 4.78 is 10.4. The first-order valence-electron chi connectivity index (χ1n) is 15.0. The number of phenols is 1. The molecular weight excluding hydrogens is 622 g/mol. The number of nitrogens with two attached hydrogens (primary N) is 1. The molecule has 7 N–H and O–H groups in total. The zero-order chi connectivity index (χ0) is 34.7. The topological polar surface area (TPSA) is 209 Å². The van der Waals surface area contributed by atoms with E-state index >= 15 is 0 Å². The van der Waals surface area contributed by atoms with E-state index in [-0.39, 0.29) is 29.7 Å². The molecule has 0 aromatic heterocycles. The second kappa shape index (κ2) is 11.9. The Kier molecular flexibility index (Phi) is 7.97. The van der Waals surface area contributed by atoms with E-state index in [0.29, 0.717) is 33.9 Å². The number of methoxy groups -OCH3 is 1. The molecule has 0 radical (unpaired) electrons. The highest BCUT2D eigenvalue weighted by atomic mass is 16.6. The van der Waals surface area contributed by atoms with Crippen LogP contribution in [-0.4, -0.2) is 81.7 Å². The lowest BCUT2D eigenvalue weighted by Crippen LogP contribution is -2.65. The van der Waals surface area contributed by atoms with Crippen LogP contribution in [0.5, 0.6) is 17.2 Å². The van der Waals surface area contributed by atoms with Gasteiger partial charge in [-0.25, -0.2) is 4.79 Å². The average Bonchev–Trinajstić information content (AvgIpc) is 3.03. The number of aromatic hydroxyl groups is 1. The van der Waals surface area contributed by atoms with Crippen LogP contribution in [0.3, 0.4) is 0 Å². The van der Waals surface area contributed by atoms with E-state index in [1.807, 2.05) is 0 Å². The molecule has 1 fully saturated rings. The highest BCUT2D eigenvalue weighted by Gasteiger charge is 2.64. The Balaban J connectivity index is 1.34. The summed E-state index contributed by atoms with van der Waals surface area (Å²) in [7, 11) is 4.61. The van der Waals surface area contributed by atoms with E-state index in [1.54, 1.807) is 68.7 Å². The number of nitrogens with one attached hydrogen (secondary N) is 1. The Morgan fingerprint density at radius 1 is 0.958 bits per heavy atom. The third kappa shape index (κ3) is 5.04. The van der Waals surface area contributed by atoms with Crippen molar-refractivity contribution in [3.8, 4) is 28.4 Å². The zero-order valence-electron chi connectivity index (χ0n) is 26.2. The van der Waals surface area contributed by atoms with Crippen molar-refractivity contribution in [3.05, 3.63) is 88.7 Å². The molecule has 0 bridgehead atoms. The number of nitrogens with zero attached hydrogens (tertiary/aromatic N) is 1. The minimum absolute atomic E-state index is 0.0194. The number of likely N-dealkylation sites (N-methyl/N-ethyl adjacent to an activating group) is 1. The van der Waals surface area contributed by atoms with Gasteiger partial charge in [0, 0.05) is 17.2 Å². The molecule has 3 aromatic carbocycles. The highest BCUT2D eigenvalue weighted by molar-refractivity contribution is 6.24. The van der Waals surface area contributed by atoms with Crippen LogP contribution in [0.15, 0.2) is 77.6 Å². The number of anilines is 1. The summed E-state index contributed by atoms with van der Waals surface area (Å²) in [6, 6.07) is 15.1. The summed E-state index contributed by atoms with van der Waals surface area (Å²) in [6.45, 7) is 0. The third-order valence-electron chi connectivity index (χ3n) is 9.32. The van der Waals surface area contributed by atoms with Gasteiger partial charge in [-0.1, -0.05) is 18.2 Å². The number of hydrogen-bond donors (Lipinski definition) is 6. The van der Waals surface area contributed by atoms with Gasteiger partial charge in [-0.05, 0) is 92.0 Å². The van der Waals surface area contributed by atoms with Gasteiger partial charge in [0.2, 0.25) is 5.78 Å². The number of hydrogen-bond acceptors (Lipinski definition) is 11. The van der Waals surface area contributed by atoms with Crippen molar-refractivity contribution in [2.75, 3.05) is 26.5 Å². The maximum atomic E-state index is 14.0. The molecule has 0 saturated heterocycles. The lowest BCUT2D eigenvalue weighted by atomic mass is 9.57. The number of benzene rings is 3. The van der Waals surface area contributed by atoms with Gasteiger partial charge >= 0.3 is 6.09 Å². The first kappa shape index (κ1) is 32.3. The standard InChI is InChI=1S/C35H33N3O10/c1-38(2)28-23-15-17-14-22-21(16-4-6-18(7-5-16)37-34(45)48-20-10-8-19(47-3)9-11-20)12-13-24(39)26(22)29(40)25(17)31(42)35(23,46)32(43)27(30(28)41)33(36)44/h4-13,17,23,28,39-40,43,46H,14-15H2,1-3H3,(H2,36,44)(H,37,45)/t17-,23-,28-,35-/m1/s1. The van der Waals surface area contributed by atoms with Crippen molar-refractivity contribution >= 4 is 35.0 Å². The predicted molar refractivity (Wildman–Crippen MR) is 172 cm³/mol. The Morgan fingerprint density at radius 2 is 1.60 bits per heavy atom. The fourth-order valence-corrected chi connectivity index (χ4v) is 7.14. The average molecular weight is 656 g/mol. The Morgan fingerprint density at radius 3 is 2.21 bits per heavy atom. The van der Waals surface area contributed by atoms with Gasteiger partial charge in [0.05, 0.1) is 18.7 Å².